The van der Waals surface area contributed by atoms with Gasteiger partial charge in [0, 0.05) is 24.1 Å². The average Bonchev–Trinajstić information content (AvgIpc) is 2.82. The van der Waals surface area contributed by atoms with Crippen molar-refractivity contribution in [3.8, 4) is 11.5 Å². The third-order valence-corrected chi connectivity index (χ3v) is 4.15. The minimum Gasteiger partial charge on any atom is -0.496 e. The predicted octanol–water partition coefficient (Wildman–Crippen LogP) is 1.45. The smallest absolute Gasteiger partial charge is 0.313 e. The van der Waals surface area contributed by atoms with Gasteiger partial charge in [0.25, 0.3) is 0 Å². The normalized spacial score (nSPS) is 15.8. The van der Waals surface area contributed by atoms with Crippen molar-refractivity contribution in [3.05, 3.63) is 23.3 Å². The summed E-state index contributed by atoms with van der Waals surface area (Å²) in [6.07, 6.45) is 1.00. The van der Waals surface area contributed by atoms with Gasteiger partial charge in [-0.3, -0.25) is 9.59 Å². The molecule has 0 aliphatic carbocycles. The maximum atomic E-state index is 11.7. The molecule has 1 aliphatic rings. The number of methoxy groups -OCH3 is 1. The number of thioether (sulfide) groups is 1. The van der Waals surface area contributed by atoms with Gasteiger partial charge in [0.1, 0.15) is 17.6 Å². The molecule has 6 nitrogen and oxygen atoms in total. The van der Waals surface area contributed by atoms with Crippen molar-refractivity contribution in [1.82, 2.24) is 5.32 Å². The summed E-state index contributed by atoms with van der Waals surface area (Å²) < 4.78 is 11.1. The van der Waals surface area contributed by atoms with E-state index >= 15 is 0 Å². The second kappa shape index (κ2) is 7.40. The van der Waals surface area contributed by atoms with Gasteiger partial charge in [-0.05, 0) is 19.1 Å². The first-order valence-electron chi connectivity index (χ1n) is 6.92. The van der Waals surface area contributed by atoms with E-state index in [0.717, 1.165) is 40.8 Å². The number of fused-ring (bicyclic) bond motifs is 1. The molecule has 0 spiro atoms. The Morgan fingerprint density at radius 2 is 2.23 bits per heavy atom. The summed E-state index contributed by atoms with van der Waals surface area (Å²) in [6, 6.07) is 3.84. The van der Waals surface area contributed by atoms with Crippen LogP contribution in [-0.4, -0.2) is 41.7 Å². The van der Waals surface area contributed by atoms with Gasteiger partial charge in [-0.2, -0.15) is 0 Å². The Bertz CT molecular complexity index is 575. The zero-order chi connectivity index (χ0) is 16.1. The van der Waals surface area contributed by atoms with Crippen molar-refractivity contribution >= 4 is 23.6 Å². The molecule has 1 heterocycles. The molecule has 1 aliphatic heterocycles. The van der Waals surface area contributed by atoms with Crippen LogP contribution < -0.4 is 14.8 Å². The largest absolute Gasteiger partial charge is 0.496 e. The molecule has 1 atom stereocenters. The van der Waals surface area contributed by atoms with Crippen molar-refractivity contribution in [3.63, 3.8) is 0 Å². The van der Waals surface area contributed by atoms with Gasteiger partial charge in [-0.25, -0.2) is 0 Å². The van der Waals surface area contributed by atoms with Crippen LogP contribution in [0.5, 0.6) is 11.5 Å². The van der Waals surface area contributed by atoms with Crippen molar-refractivity contribution in [2.45, 2.75) is 26.0 Å². The highest BCUT2D eigenvalue weighted by Gasteiger charge is 2.21. The van der Waals surface area contributed by atoms with E-state index in [1.807, 2.05) is 19.1 Å². The number of ether oxygens (including phenoxy) is 2. The van der Waals surface area contributed by atoms with Crippen LogP contribution in [0.2, 0.25) is 0 Å². The van der Waals surface area contributed by atoms with Gasteiger partial charge in [0.15, 0.2) is 0 Å². The molecule has 2 rings (SSSR count). The number of rotatable bonds is 7. The first-order chi connectivity index (χ1) is 10.5. The molecule has 1 unspecified atom stereocenters. The Morgan fingerprint density at radius 3 is 2.91 bits per heavy atom. The van der Waals surface area contributed by atoms with Crippen LogP contribution >= 0.6 is 11.8 Å². The minimum atomic E-state index is -0.927. The fourth-order valence-corrected chi connectivity index (χ4v) is 2.85. The molecule has 2 N–H and O–H groups in total. The minimum absolute atomic E-state index is 0.0820. The molecular formula is C15H19NO5S. The van der Waals surface area contributed by atoms with Gasteiger partial charge in [0.2, 0.25) is 5.91 Å². The van der Waals surface area contributed by atoms with Crippen molar-refractivity contribution < 1.29 is 24.2 Å². The highest BCUT2D eigenvalue weighted by atomic mass is 32.2. The van der Waals surface area contributed by atoms with Gasteiger partial charge < -0.3 is 19.9 Å². The molecule has 120 valence electrons. The molecule has 1 aromatic rings. The number of carbonyl (C=O) groups is 2. The second-order valence-corrected chi connectivity index (χ2v) is 6.05. The average molecular weight is 325 g/mol. The molecule has 1 aromatic carbocycles. The summed E-state index contributed by atoms with van der Waals surface area (Å²) in [4.78, 5) is 22.1. The Balaban J connectivity index is 1.94. The van der Waals surface area contributed by atoms with Gasteiger partial charge in [0.05, 0.1) is 18.6 Å². The van der Waals surface area contributed by atoms with Crippen LogP contribution in [0.3, 0.4) is 0 Å². The van der Waals surface area contributed by atoms with E-state index in [1.54, 1.807) is 7.11 Å². The van der Waals surface area contributed by atoms with E-state index in [4.69, 9.17) is 14.6 Å². The summed E-state index contributed by atoms with van der Waals surface area (Å²) >= 11 is 1.07. The number of amides is 1. The zero-order valence-corrected chi connectivity index (χ0v) is 13.4. The topological polar surface area (TPSA) is 84.9 Å². The molecular weight excluding hydrogens is 306 g/mol. The van der Waals surface area contributed by atoms with E-state index in [9.17, 15) is 9.59 Å². The Hall–Kier alpha value is -1.89. The lowest BCUT2D eigenvalue weighted by Crippen LogP contribution is -2.25. The van der Waals surface area contributed by atoms with Gasteiger partial charge in [-0.15, -0.1) is 11.8 Å². The summed E-state index contributed by atoms with van der Waals surface area (Å²) in [5, 5.41) is 11.3. The number of hydrogen-bond acceptors (Lipinski definition) is 5. The lowest BCUT2D eigenvalue weighted by Gasteiger charge is -2.12. The van der Waals surface area contributed by atoms with Crippen LogP contribution in [0.25, 0.3) is 0 Å². The maximum Gasteiger partial charge on any atom is 0.313 e. The molecule has 0 fully saturated rings. The monoisotopic (exact) mass is 325 g/mol. The lowest BCUT2D eigenvalue weighted by molar-refractivity contribution is -0.133. The molecule has 0 saturated carbocycles. The number of hydrogen-bond donors (Lipinski definition) is 2. The van der Waals surface area contributed by atoms with E-state index in [0.29, 0.717) is 6.54 Å². The fourth-order valence-electron chi connectivity index (χ4n) is 2.29. The first kappa shape index (κ1) is 16.5. The number of aliphatic carboxylic acids is 1. The highest BCUT2D eigenvalue weighted by molar-refractivity contribution is 8.00. The SMILES string of the molecule is COc1cc2c(cc1CNC(=O)CSCC(=O)O)OC(C)C2. The van der Waals surface area contributed by atoms with Crippen molar-refractivity contribution in [2.24, 2.45) is 0 Å². The highest BCUT2D eigenvalue weighted by Crippen LogP contribution is 2.34. The van der Waals surface area contributed by atoms with Gasteiger partial charge >= 0.3 is 5.97 Å². The van der Waals surface area contributed by atoms with Crippen LogP contribution in [0, 0.1) is 0 Å². The van der Waals surface area contributed by atoms with Gasteiger partial charge in [-0.1, -0.05) is 0 Å². The standard InChI is InChI=1S/C15H19NO5S/c1-9-3-10-4-12(20-2)11(5-13(10)21-9)6-16-14(17)7-22-8-15(18)19/h4-5,9H,3,6-8H2,1-2H3,(H,16,17)(H,18,19). The van der Waals surface area contributed by atoms with Crippen LogP contribution in [0.15, 0.2) is 12.1 Å². The quantitative estimate of drug-likeness (QED) is 0.789. The zero-order valence-electron chi connectivity index (χ0n) is 12.5. The summed E-state index contributed by atoms with van der Waals surface area (Å²) in [7, 11) is 1.59. The number of carboxylic acid groups (broad SMARTS) is 1. The summed E-state index contributed by atoms with van der Waals surface area (Å²) in [5.41, 5.74) is 1.95. The van der Waals surface area contributed by atoms with E-state index in [1.165, 1.54) is 0 Å². The van der Waals surface area contributed by atoms with Crippen molar-refractivity contribution in [1.29, 1.82) is 0 Å². The number of benzene rings is 1. The molecule has 22 heavy (non-hydrogen) atoms. The molecule has 0 bridgehead atoms. The lowest BCUT2D eigenvalue weighted by atomic mass is 10.1. The molecule has 1 amide bonds. The Labute approximate surface area is 133 Å². The first-order valence-corrected chi connectivity index (χ1v) is 8.07. The fraction of sp³-hybridized carbons (Fsp3) is 0.467. The molecule has 7 heteroatoms. The van der Waals surface area contributed by atoms with E-state index < -0.39 is 5.97 Å². The van der Waals surface area contributed by atoms with E-state index in [-0.39, 0.29) is 23.5 Å². The predicted molar refractivity (Wildman–Crippen MR) is 83.6 cm³/mol. The molecule has 0 radical (unpaired) electrons. The number of carbonyl (C=O) groups excluding carboxylic acids is 1. The second-order valence-electron chi connectivity index (χ2n) is 5.07. The third kappa shape index (κ3) is 4.30. The Morgan fingerprint density at radius 1 is 1.45 bits per heavy atom. The van der Waals surface area contributed by atoms with Crippen LogP contribution in [0.4, 0.5) is 0 Å². The molecule has 0 saturated heterocycles. The van der Waals surface area contributed by atoms with Crippen molar-refractivity contribution in [2.75, 3.05) is 18.6 Å². The number of carboxylic acids is 1. The third-order valence-electron chi connectivity index (χ3n) is 3.23. The summed E-state index contributed by atoms with van der Waals surface area (Å²) in [6.45, 7) is 2.33. The molecule has 0 aromatic heterocycles. The maximum absolute atomic E-state index is 11.7. The number of nitrogens with one attached hydrogen (secondary N) is 1. The Kier molecular flexibility index (Phi) is 5.54. The van der Waals surface area contributed by atoms with Crippen LogP contribution in [0.1, 0.15) is 18.1 Å². The van der Waals surface area contributed by atoms with E-state index in [2.05, 4.69) is 5.32 Å². The summed E-state index contributed by atoms with van der Waals surface area (Å²) in [5.74, 6) is 0.453. The van der Waals surface area contributed by atoms with Crippen LogP contribution in [-0.2, 0) is 22.6 Å².